The molecule has 0 aliphatic heterocycles. The second-order valence-corrected chi connectivity index (χ2v) is 17.1. The summed E-state index contributed by atoms with van der Waals surface area (Å²) >= 11 is 0. The van der Waals surface area contributed by atoms with Crippen LogP contribution in [-0.2, 0) is 44.7 Å². The Labute approximate surface area is 337 Å². The second-order valence-electron chi connectivity index (χ2n) is 17.1. The van der Waals surface area contributed by atoms with Crippen molar-refractivity contribution in [3.63, 3.8) is 0 Å². The average Bonchev–Trinajstić information content (AvgIpc) is 3.13. The van der Waals surface area contributed by atoms with Gasteiger partial charge in [0.15, 0.2) is 0 Å². The summed E-state index contributed by atoms with van der Waals surface area (Å²) in [5.41, 5.74) is 0.0772. The Hall–Kier alpha value is -4.06. The molecule has 0 aromatic heterocycles. The van der Waals surface area contributed by atoms with Gasteiger partial charge in [-0.05, 0) is 142 Å². The summed E-state index contributed by atoms with van der Waals surface area (Å²) in [5.74, 6) is 0. The predicted octanol–water partition coefficient (Wildman–Crippen LogP) is 10.8. The van der Waals surface area contributed by atoms with Crippen LogP contribution in [0.5, 0.6) is 0 Å². The Morgan fingerprint density at radius 3 is 1.12 bits per heavy atom. The van der Waals surface area contributed by atoms with Crippen LogP contribution in [0.15, 0.2) is 47.0 Å². The van der Waals surface area contributed by atoms with Crippen LogP contribution < -0.4 is 0 Å². The Balaban J connectivity index is 0.000000310. The molecule has 0 heterocycles. The van der Waals surface area contributed by atoms with E-state index in [-0.39, 0.29) is 48.7 Å². The monoisotopic (exact) mass is 834 g/mol. The topological polar surface area (TPSA) is 120 Å². The molecule has 0 atom stereocenters. The summed E-state index contributed by atoms with van der Waals surface area (Å²) < 4.78 is 89.3. The fourth-order valence-corrected chi connectivity index (χ4v) is 6.09. The standard InChI is InChI=1S/2C20H30F3N3O3/c2*1-14-10-15(12-16(11-14)20(21,22)23)13-28-17-6-8-18(9-7-17)29-24-26(27)25(5)19(2,3)4/h2*10-12,17-18H,6-9,13H2,1-5H3/b2*26-24-. The van der Waals surface area contributed by atoms with E-state index in [2.05, 4.69) is 10.6 Å². The highest BCUT2D eigenvalue weighted by Gasteiger charge is 2.33. The van der Waals surface area contributed by atoms with E-state index in [1.54, 1.807) is 40.1 Å². The zero-order valence-electron chi connectivity index (χ0n) is 35.2. The summed E-state index contributed by atoms with van der Waals surface area (Å²) in [5, 5.41) is 34.0. The second kappa shape index (κ2) is 20.3. The summed E-state index contributed by atoms with van der Waals surface area (Å²) in [4.78, 5) is 11.6. The largest absolute Gasteiger partial charge is 0.569 e. The number of aryl methyl sites for hydroxylation is 2. The highest BCUT2D eigenvalue weighted by molar-refractivity contribution is 5.31. The van der Waals surface area contributed by atoms with Gasteiger partial charge in [-0.1, -0.05) is 23.3 Å². The zero-order chi connectivity index (χ0) is 43.6. The molecule has 12 nitrogen and oxygen atoms in total. The predicted molar refractivity (Wildman–Crippen MR) is 203 cm³/mol. The lowest BCUT2D eigenvalue weighted by atomic mass is 9.95. The van der Waals surface area contributed by atoms with E-state index in [1.807, 2.05) is 41.5 Å². The van der Waals surface area contributed by atoms with Crippen LogP contribution >= 0.6 is 0 Å². The SMILES string of the molecule is Cc1cc(COC2CCC(O/N=[N+](\[O-])N(C)C(C)(C)C)CC2)cc(C(F)(F)F)c1.Cc1cc(COC2CCC(O/N=[N+](\[O-])N(C)C(C)(C)C)CC2)cc(C(F)(F)F)c1. The molecule has 0 radical (unpaired) electrons. The molecular formula is C40H60F6N6O6. The molecule has 0 spiro atoms. The molecule has 2 aliphatic carbocycles. The fraction of sp³-hybridized carbons (Fsp3) is 0.700. The summed E-state index contributed by atoms with van der Waals surface area (Å²) in [6.45, 7) is 14.9. The third-order valence-corrected chi connectivity index (χ3v) is 10.1. The summed E-state index contributed by atoms with van der Waals surface area (Å²) in [6.07, 6.45) is -3.69. The number of halogens is 6. The molecular weight excluding hydrogens is 774 g/mol. The van der Waals surface area contributed by atoms with Crippen molar-refractivity contribution in [2.75, 3.05) is 14.1 Å². The Morgan fingerprint density at radius 1 is 0.552 bits per heavy atom. The molecule has 0 N–H and O–H groups in total. The van der Waals surface area contributed by atoms with Gasteiger partial charge in [-0.25, -0.2) is 0 Å². The maximum Gasteiger partial charge on any atom is 0.416 e. The van der Waals surface area contributed by atoms with Crippen molar-refractivity contribution in [1.29, 1.82) is 0 Å². The van der Waals surface area contributed by atoms with E-state index < -0.39 is 23.5 Å². The van der Waals surface area contributed by atoms with Crippen molar-refractivity contribution in [3.05, 3.63) is 80.2 Å². The van der Waals surface area contributed by atoms with Crippen molar-refractivity contribution in [2.24, 2.45) is 10.6 Å². The maximum absolute atomic E-state index is 12.9. The molecule has 4 rings (SSSR count). The smallest absolute Gasteiger partial charge is 0.416 e. The van der Waals surface area contributed by atoms with Gasteiger partial charge in [0.1, 0.15) is 12.2 Å². The molecule has 0 saturated heterocycles. The number of hydrogen-bond acceptors (Lipinski definition) is 8. The number of hydrogen-bond donors (Lipinski definition) is 0. The molecule has 0 bridgehead atoms. The van der Waals surface area contributed by atoms with Crippen LogP contribution in [0.2, 0.25) is 0 Å². The minimum atomic E-state index is -4.36. The van der Waals surface area contributed by atoms with Gasteiger partial charge in [-0.2, -0.15) is 26.3 Å². The fourth-order valence-electron chi connectivity index (χ4n) is 6.09. The van der Waals surface area contributed by atoms with Crippen LogP contribution in [-0.4, -0.2) is 69.5 Å². The van der Waals surface area contributed by atoms with Gasteiger partial charge in [-0.15, -0.1) is 10.0 Å². The van der Waals surface area contributed by atoms with E-state index in [9.17, 15) is 36.8 Å². The molecule has 2 saturated carbocycles. The first kappa shape index (κ1) is 48.3. The number of benzene rings is 2. The number of rotatable bonds is 12. The van der Waals surface area contributed by atoms with E-state index >= 15 is 0 Å². The molecule has 2 fully saturated rings. The van der Waals surface area contributed by atoms with E-state index in [0.29, 0.717) is 83.6 Å². The number of alkyl halides is 6. The van der Waals surface area contributed by atoms with Crippen LogP contribution in [0.25, 0.3) is 0 Å². The molecule has 0 amide bonds. The number of ether oxygens (including phenoxy) is 2. The highest BCUT2D eigenvalue weighted by Crippen LogP contribution is 2.33. The lowest BCUT2D eigenvalue weighted by Gasteiger charge is -2.28. The third kappa shape index (κ3) is 15.9. The van der Waals surface area contributed by atoms with Crippen molar-refractivity contribution < 1.29 is 55.4 Å². The molecule has 2 aromatic carbocycles. The first-order chi connectivity index (χ1) is 26.7. The molecule has 58 heavy (non-hydrogen) atoms. The molecule has 2 aliphatic rings. The van der Waals surface area contributed by atoms with Gasteiger partial charge in [0.2, 0.25) is 10.6 Å². The summed E-state index contributed by atoms with van der Waals surface area (Å²) in [6, 6.07) is 7.94. The lowest BCUT2D eigenvalue weighted by Crippen LogP contribution is -2.42. The van der Waals surface area contributed by atoms with Crippen LogP contribution in [0.3, 0.4) is 0 Å². The van der Waals surface area contributed by atoms with Crippen molar-refractivity contribution in [2.45, 2.75) is 168 Å². The third-order valence-electron chi connectivity index (χ3n) is 10.1. The van der Waals surface area contributed by atoms with E-state index in [0.717, 1.165) is 24.3 Å². The van der Waals surface area contributed by atoms with Crippen molar-refractivity contribution in [3.8, 4) is 0 Å². The van der Waals surface area contributed by atoms with Gasteiger partial charge in [0.05, 0.1) is 71.7 Å². The van der Waals surface area contributed by atoms with Gasteiger partial charge >= 0.3 is 12.4 Å². The molecule has 0 unspecified atom stereocenters. The van der Waals surface area contributed by atoms with Gasteiger partial charge in [-0.3, -0.25) is 0 Å². The van der Waals surface area contributed by atoms with Crippen molar-refractivity contribution >= 4 is 0 Å². The van der Waals surface area contributed by atoms with E-state index in [1.165, 1.54) is 10.0 Å². The number of nitrogens with zero attached hydrogens (tertiary/aromatic N) is 6. The molecule has 2 aromatic rings. The summed E-state index contributed by atoms with van der Waals surface area (Å²) in [7, 11) is 3.28. The number of hydrazine groups is 2. The first-order valence-corrected chi connectivity index (χ1v) is 19.5. The lowest BCUT2D eigenvalue weighted by molar-refractivity contribution is -0.720. The van der Waals surface area contributed by atoms with Gasteiger partial charge in [0, 0.05) is 0 Å². The van der Waals surface area contributed by atoms with Crippen LogP contribution in [0.1, 0.15) is 126 Å². The first-order valence-electron chi connectivity index (χ1n) is 19.5. The van der Waals surface area contributed by atoms with E-state index in [4.69, 9.17) is 19.1 Å². The minimum Gasteiger partial charge on any atom is -0.569 e. The van der Waals surface area contributed by atoms with Crippen molar-refractivity contribution in [1.82, 2.24) is 10.0 Å². The Kier molecular flexibility index (Phi) is 16.9. The molecule has 328 valence electrons. The Bertz CT molecular complexity index is 1540. The quantitative estimate of drug-likeness (QED) is 0.0897. The Morgan fingerprint density at radius 2 is 0.845 bits per heavy atom. The molecule has 18 heteroatoms. The van der Waals surface area contributed by atoms with Gasteiger partial charge < -0.3 is 29.6 Å². The minimum absolute atomic E-state index is 0.0506. The normalized spacial score (nSPS) is 21.2. The van der Waals surface area contributed by atoms with Gasteiger partial charge in [0.25, 0.3) is 0 Å². The highest BCUT2D eigenvalue weighted by atomic mass is 19.4. The zero-order valence-corrected chi connectivity index (χ0v) is 35.2. The average molecular weight is 835 g/mol. The van der Waals surface area contributed by atoms with Crippen LogP contribution in [0, 0.1) is 24.3 Å². The van der Waals surface area contributed by atoms with Crippen LogP contribution in [0.4, 0.5) is 26.3 Å². The maximum atomic E-state index is 12.9.